The average molecular weight is 311 g/mol. The Bertz CT molecular complexity index is 703. The molecule has 7 nitrogen and oxygen atoms in total. The van der Waals surface area contributed by atoms with E-state index in [2.05, 4.69) is 20.0 Å². The van der Waals surface area contributed by atoms with Crippen LogP contribution in [0.1, 0.15) is 11.5 Å². The van der Waals surface area contributed by atoms with Crippen LogP contribution in [-0.2, 0) is 12.7 Å². The molecule has 2 amide bonds. The summed E-state index contributed by atoms with van der Waals surface area (Å²) in [5.74, 6) is -1.60. The Hall–Kier alpha value is -3.09. The molecule has 1 aromatic heterocycles. The lowest BCUT2D eigenvalue weighted by Gasteiger charge is -2.03. The lowest BCUT2D eigenvalue weighted by Crippen LogP contribution is -2.31. The van der Waals surface area contributed by atoms with Gasteiger partial charge >= 0.3 is 18.1 Å². The number of urea groups is 1. The summed E-state index contributed by atoms with van der Waals surface area (Å²) in [6.45, 7) is 0.147. The molecule has 0 spiro atoms. The van der Waals surface area contributed by atoms with Crippen LogP contribution < -0.4 is 10.6 Å². The second-order valence-electron chi connectivity index (χ2n) is 4.04. The smallest absolute Gasteiger partial charge is 0.333 e. The highest BCUT2D eigenvalue weighted by molar-refractivity contribution is 5.75. The standard InChI is InChI=1S/C12H8F3N5O2/c13-12(14,15)10-19-9(20-22-10)8-3-1-7(2-4-8)5-17-11(21)18-6-16/h1-4H,5H2,(H2,17,18,21). The van der Waals surface area contributed by atoms with Gasteiger partial charge in [-0.05, 0) is 5.56 Å². The van der Waals surface area contributed by atoms with Crippen LogP contribution in [0.25, 0.3) is 11.4 Å². The first-order chi connectivity index (χ1) is 10.4. The molecule has 2 aromatic rings. The number of nitrogens with one attached hydrogen (secondary N) is 2. The Kier molecular flexibility index (Phi) is 4.26. The molecule has 0 radical (unpaired) electrons. The zero-order chi connectivity index (χ0) is 16.2. The molecule has 1 heterocycles. The van der Waals surface area contributed by atoms with Crippen LogP contribution in [0.15, 0.2) is 28.8 Å². The molecule has 10 heteroatoms. The number of rotatable bonds is 3. The van der Waals surface area contributed by atoms with Gasteiger partial charge in [0.05, 0.1) is 0 Å². The zero-order valence-electron chi connectivity index (χ0n) is 10.8. The van der Waals surface area contributed by atoms with E-state index in [1.165, 1.54) is 18.3 Å². The largest absolute Gasteiger partial charge is 0.471 e. The molecule has 0 aliphatic heterocycles. The van der Waals surface area contributed by atoms with E-state index < -0.39 is 18.1 Å². The van der Waals surface area contributed by atoms with E-state index >= 15 is 0 Å². The van der Waals surface area contributed by atoms with Gasteiger partial charge in [-0.25, -0.2) is 10.1 Å². The summed E-state index contributed by atoms with van der Waals surface area (Å²) in [7, 11) is 0. The Labute approximate surface area is 121 Å². The quantitative estimate of drug-likeness (QED) is 0.667. The first-order valence-corrected chi connectivity index (χ1v) is 5.83. The van der Waals surface area contributed by atoms with E-state index in [0.29, 0.717) is 11.1 Å². The first kappa shape index (κ1) is 15.3. The Morgan fingerprint density at radius 3 is 2.55 bits per heavy atom. The molecule has 0 aliphatic carbocycles. The van der Waals surface area contributed by atoms with Crippen LogP contribution in [0.4, 0.5) is 18.0 Å². The van der Waals surface area contributed by atoms with Crippen molar-refractivity contribution in [3.8, 4) is 17.6 Å². The first-order valence-electron chi connectivity index (χ1n) is 5.83. The van der Waals surface area contributed by atoms with Crippen LogP contribution in [0.2, 0.25) is 0 Å². The van der Waals surface area contributed by atoms with Crippen LogP contribution >= 0.6 is 0 Å². The number of hydrogen-bond donors (Lipinski definition) is 2. The molecule has 0 unspecified atom stereocenters. The lowest BCUT2D eigenvalue weighted by molar-refractivity contribution is -0.159. The molecule has 0 atom stereocenters. The molecule has 0 aliphatic rings. The summed E-state index contributed by atoms with van der Waals surface area (Å²) in [5, 5.41) is 15.8. The second-order valence-corrected chi connectivity index (χ2v) is 4.04. The molecule has 2 rings (SSSR count). The highest BCUT2D eigenvalue weighted by atomic mass is 19.4. The number of carbonyl (C=O) groups is 1. The molecular formula is C12H8F3N5O2. The Morgan fingerprint density at radius 2 is 2.00 bits per heavy atom. The number of alkyl halides is 3. The lowest BCUT2D eigenvalue weighted by atomic mass is 10.1. The molecule has 2 N–H and O–H groups in total. The maximum absolute atomic E-state index is 12.4. The third-order valence-corrected chi connectivity index (χ3v) is 2.50. The van der Waals surface area contributed by atoms with Gasteiger partial charge < -0.3 is 9.84 Å². The minimum atomic E-state index is -4.69. The molecule has 0 saturated carbocycles. The third-order valence-electron chi connectivity index (χ3n) is 2.50. The van der Waals surface area contributed by atoms with Gasteiger partial charge in [0.2, 0.25) is 5.82 Å². The predicted molar refractivity (Wildman–Crippen MR) is 65.7 cm³/mol. The van der Waals surface area contributed by atoms with E-state index in [0.717, 1.165) is 0 Å². The summed E-state index contributed by atoms with van der Waals surface area (Å²) < 4.78 is 41.2. The third kappa shape index (κ3) is 3.72. The molecule has 0 bridgehead atoms. The van der Waals surface area contributed by atoms with Crippen LogP contribution in [0.3, 0.4) is 0 Å². The number of hydrogen-bond acceptors (Lipinski definition) is 5. The number of amides is 2. The minimum absolute atomic E-state index is 0.147. The van der Waals surface area contributed by atoms with Gasteiger partial charge in [0.25, 0.3) is 0 Å². The number of aromatic nitrogens is 2. The van der Waals surface area contributed by atoms with E-state index in [1.54, 1.807) is 12.1 Å². The van der Waals surface area contributed by atoms with Gasteiger partial charge in [-0.3, -0.25) is 0 Å². The summed E-state index contributed by atoms with van der Waals surface area (Å²) in [6.07, 6.45) is -3.22. The van der Waals surface area contributed by atoms with Gasteiger partial charge in [0, 0.05) is 12.1 Å². The summed E-state index contributed by atoms with van der Waals surface area (Å²) >= 11 is 0. The SMILES string of the molecule is N#CNC(=O)NCc1ccc(-c2noc(C(F)(F)F)n2)cc1. The number of halogens is 3. The van der Waals surface area contributed by atoms with Crippen molar-refractivity contribution in [3.05, 3.63) is 35.7 Å². The van der Waals surface area contributed by atoms with E-state index in [-0.39, 0.29) is 12.4 Å². The maximum Gasteiger partial charge on any atom is 0.471 e. The van der Waals surface area contributed by atoms with Crippen molar-refractivity contribution in [2.24, 2.45) is 0 Å². The molecule has 0 fully saturated rings. The number of nitrogens with zero attached hydrogens (tertiary/aromatic N) is 3. The fraction of sp³-hybridized carbons (Fsp3) is 0.167. The Balaban J connectivity index is 2.04. The average Bonchev–Trinajstić information content (AvgIpc) is 2.96. The van der Waals surface area contributed by atoms with Crippen molar-refractivity contribution in [2.45, 2.75) is 12.7 Å². The van der Waals surface area contributed by atoms with E-state index in [4.69, 9.17) is 5.26 Å². The monoisotopic (exact) mass is 311 g/mol. The molecule has 1 aromatic carbocycles. The van der Waals surface area contributed by atoms with E-state index in [1.807, 2.05) is 5.32 Å². The Morgan fingerprint density at radius 1 is 1.32 bits per heavy atom. The van der Waals surface area contributed by atoms with Gasteiger partial charge in [0.15, 0.2) is 6.19 Å². The number of carbonyl (C=O) groups excluding carboxylic acids is 1. The van der Waals surface area contributed by atoms with Gasteiger partial charge in [-0.2, -0.15) is 23.4 Å². The van der Waals surface area contributed by atoms with Crippen molar-refractivity contribution in [2.75, 3.05) is 0 Å². The highest BCUT2D eigenvalue weighted by Gasteiger charge is 2.38. The maximum atomic E-state index is 12.4. The van der Waals surface area contributed by atoms with Crippen molar-refractivity contribution in [1.29, 1.82) is 5.26 Å². The van der Waals surface area contributed by atoms with Crippen molar-refractivity contribution >= 4 is 6.03 Å². The van der Waals surface area contributed by atoms with Gasteiger partial charge in [0.1, 0.15) is 0 Å². The fourth-order valence-corrected chi connectivity index (χ4v) is 1.50. The van der Waals surface area contributed by atoms with Gasteiger partial charge in [-0.1, -0.05) is 29.4 Å². The highest BCUT2D eigenvalue weighted by Crippen LogP contribution is 2.29. The second kappa shape index (κ2) is 6.13. The number of nitriles is 1. The predicted octanol–water partition coefficient (Wildman–Crippen LogP) is 2.04. The molecule has 0 saturated heterocycles. The number of benzene rings is 1. The van der Waals surface area contributed by atoms with Crippen LogP contribution in [0, 0.1) is 11.5 Å². The summed E-state index contributed by atoms with van der Waals surface area (Å²) in [6, 6.07) is 5.48. The van der Waals surface area contributed by atoms with E-state index in [9.17, 15) is 18.0 Å². The van der Waals surface area contributed by atoms with Crippen molar-refractivity contribution in [3.63, 3.8) is 0 Å². The van der Waals surface area contributed by atoms with Crippen LogP contribution in [0.5, 0.6) is 0 Å². The zero-order valence-corrected chi connectivity index (χ0v) is 10.8. The molecule has 114 valence electrons. The summed E-state index contributed by atoms with van der Waals surface area (Å²) in [5.41, 5.74) is 1.01. The topological polar surface area (TPSA) is 104 Å². The fourth-order valence-electron chi connectivity index (χ4n) is 1.50. The summed E-state index contributed by atoms with van der Waals surface area (Å²) in [4.78, 5) is 14.3. The normalized spacial score (nSPS) is 10.8. The molecular weight excluding hydrogens is 303 g/mol. The van der Waals surface area contributed by atoms with Crippen molar-refractivity contribution in [1.82, 2.24) is 20.8 Å². The minimum Gasteiger partial charge on any atom is -0.333 e. The van der Waals surface area contributed by atoms with Crippen molar-refractivity contribution < 1.29 is 22.5 Å². The van der Waals surface area contributed by atoms with Gasteiger partial charge in [-0.15, -0.1) is 0 Å². The molecule has 22 heavy (non-hydrogen) atoms. The van der Waals surface area contributed by atoms with Crippen LogP contribution in [-0.4, -0.2) is 16.2 Å².